The predicted molar refractivity (Wildman–Crippen MR) is 121 cm³/mol. The number of nitrogens with one attached hydrogen (secondary N) is 1. The van der Waals surface area contributed by atoms with Gasteiger partial charge in [0.25, 0.3) is 5.91 Å². The summed E-state index contributed by atoms with van der Waals surface area (Å²) in [6.45, 7) is 3.92. The first-order valence-corrected chi connectivity index (χ1v) is 10.4. The molecule has 0 spiro atoms. The van der Waals surface area contributed by atoms with Crippen LogP contribution in [-0.2, 0) is 9.59 Å². The van der Waals surface area contributed by atoms with Crippen molar-refractivity contribution in [3.63, 3.8) is 0 Å². The molecule has 1 fully saturated rings. The van der Waals surface area contributed by atoms with Crippen LogP contribution in [0.5, 0.6) is 0 Å². The molecule has 2 heterocycles. The Labute approximate surface area is 182 Å². The Morgan fingerprint density at radius 2 is 1.74 bits per heavy atom. The molecule has 2 atom stereocenters. The zero-order valence-corrected chi connectivity index (χ0v) is 18.3. The number of anilines is 2. The van der Waals surface area contributed by atoms with Gasteiger partial charge in [-0.2, -0.15) is 0 Å². The van der Waals surface area contributed by atoms with Gasteiger partial charge in [0.05, 0.1) is 18.7 Å². The van der Waals surface area contributed by atoms with Crippen molar-refractivity contribution in [2.75, 3.05) is 24.3 Å². The molecule has 2 amide bonds. The Kier molecular flexibility index (Phi) is 5.55. The lowest BCUT2D eigenvalue weighted by atomic mass is 9.92. The molecule has 31 heavy (non-hydrogen) atoms. The molecule has 6 heteroatoms. The van der Waals surface area contributed by atoms with E-state index < -0.39 is 6.04 Å². The van der Waals surface area contributed by atoms with Crippen molar-refractivity contribution in [1.29, 1.82) is 0 Å². The average Bonchev–Trinajstić information content (AvgIpc) is 3.27. The number of amides is 2. The van der Waals surface area contributed by atoms with E-state index in [4.69, 9.17) is 4.42 Å². The molecule has 0 saturated carbocycles. The normalized spacial score (nSPS) is 16.6. The molecule has 1 N–H and O–H groups in total. The van der Waals surface area contributed by atoms with Gasteiger partial charge in [-0.3, -0.25) is 9.59 Å². The molecule has 4 rings (SSSR count). The van der Waals surface area contributed by atoms with Crippen molar-refractivity contribution >= 4 is 23.2 Å². The molecule has 0 bridgehead atoms. The topological polar surface area (TPSA) is 65.8 Å². The van der Waals surface area contributed by atoms with E-state index in [9.17, 15) is 9.59 Å². The number of nitrogens with zero attached hydrogens (tertiary/aromatic N) is 2. The molecule has 0 aliphatic carbocycles. The van der Waals surface area contributed by atoms with Gasteiger partial charge in [-0.25, -0.2) is 0 Å². The highest BCUT2D eigenvalue weighted by Gasteiger charge is 2.46. The van der Waals surface area contributed by atoms with Gasteiger partial charge in [-0.05, 0) is 54.8 Å². The molecule has 0 unspecified atom stereocenters. The molecular weight excluding hydrogens is 390 g/mol. The van der Waals surface area contributed by atoms with Crippen molar-refractivity contribution < 1.29 is 14.0 Å². The average molecular weight is 418 g/mol. The first-order valence-electron chi connectivity index (χ1n) is 10.4. The highest BCUT2D eigenvalue weighted by Crippen LogP contribution is 2.42. The molecular formula is C25H27N3O3. The summed E-state index contributed by atoms with van der Waals surface area (Å²) in [5.74, 6) is 0.383. The minimum Gasteiger partial charge on any atom is -0.467 e. The van der Waals surface area contributed by atoms with E-state index in [1.807, 2.05) is 81.4 Å². The van der Waals surface area contributed by atoms with Gasteiger partial charge in [-0.1, -0.05) is 30.3 Å². The predicted octanol–water partition coefficient (Wildman–Crippen LogP) is 4.62. The highest BCUT2D eigenvalue weighted by molar-refractivity contribution is 6.00. The number of furan rings is 1. The summed E-state index contributed by atoms with van der Waals surface area (Å²) in [4.78, 5) is 29.9. The monoisotopic (exact) mass is 417 g/mol. The zero-order valence-electron chi connectivity index (χ0n) is 18.3. The molecule has 1 saturated heterocycles. The van der Waals surface area contributed by atoms with E-state index in [1.54, 1.807) is 17.2 Å². The van der Waals surface area contributed by atoms with Crippen LogP contribution in [0.3, 0.4) is 0 Å². The van der Waals surface area contributed by atoms with E-state index in [-0.39, 0.29) is 17.9 Å². The third-order valence-corrected chi connectivity index (χ3v) is 5.84. The van der Waals surface area contributed by atoms with Gasteiger partial charge in [0.2, 0.25) is 5.91 Å². The van der Waals surface area contributed by atoms with Crippen LogP contribution < -0.4 is 10.2 Å². The number of β-lactam (4-membered cyclic amide) rings is 1. The Bertz CT molecular complexity index is 1070. The van der Waals surface area contributed by atoms with Crippen LogP contribution in [0, 0.1) is 13.8 Å². The van der Waals surface area contributed by atoms with E-state index in [0.717, 1.165) is 28.1 Å². The highest BCUT2D eigenvalue weighted by atomic mass is 16.3. The zero-order chi connectivity index (χ0) is 22.1. The van der Waals surface area contributed by atoms with Crippen LogP contribution in [0.2, 0.25) is 0 Å². The number of likely N-dealkylation sites (tertiary alicyclic amines) is 1. The fraction of sp³-hybridized carbons (Fsp3) is 0.280. The number of hydrogen-bond acceptors (Lipinski definition) is 4. The summed E-state index contributed by atoms with van der Waals surface area (Å²) in [5.41, 5.74) is 4.53. The van der Waals surface area contributed by atoms with Gasteiger partial charge >= 0.3 is 0 Å². The second-order valence-electron chi connectivity index (χ2n) is 8.18. The van der Waals surface area contributed by atoms with Gasteiger partial charge < -0.3 is 19.5 Å². The summed E-state index contributed by atoms with van der Waals surface area (Å²) >= 11 is 0. The minimum atomic E-state index is -0.758. The van der Waals surface area contributed by atoms with Crippen molar-refractivity contribution in [1.82, 2.24) is 4.90 Å². The van der Waals surface area contributed by atoms with Crippen LogP contribution >= 0.6 is 0 Å². The fourth-order valence-electron chi connectivity index (χ4n) is 4.07. The number of carbonyl (C=O) groups is 2. The molecule has 2 aromatic carbocycles. The number of rotatable bonds is 6. The van der Waals surface area contributed by atoms with Crippen molar-refractivity contribution in [3.8, 4) is 0 Å². The maximum Gasteiger partial charge on any atom is 0.251 e. The quantitative estimate of drug-likeness (QED) is 0.595. The standard InChI is InChI=1S/C25H27N3O3/c1-16-7-5-8-17(2)23(16)26-25(30)24(18-10-12-19(13-11-18)27(3)4)28-20(15-22(28)29)21-9-6-14-31-21/h5-14,20,24H,15H2,1-4H3,(H,26,30)/t20-,24-/m0/s1. The van der Waals surface area contributed by atoms with Gasteiger partial charge in [0.15, 0.2) is 0 Å². The van der Waals surface area contributed by atoms with Crippen LogP contribution in [0.1, 0.15) is 41.0 Å². The van der Waals surface area contributed by atoms with E-state index in [2.05, 4.69) is 5.32 Å². The number of para-hydroxylation sites is 1. The Hall–Kier alpha value is -3.54. The third-order valence-electron chi connectivity index (χ3n) is 5.84. The summed E-state index contributed by atoms with van der Waals surface area (Å²) < 4.78 is 5.56. The Balaban J connectivity index is 1.72. The van der Waals surface area contributed by atoms with Crippen molar-refractivity contribution in [2.24, 2.45) is 0 Å². The molecule has 6 nitrogen and oxygen atoms in total. The molecule has 160 valence electrons. The number of hydrogen-bond donors (Lipinski definition) is 1. The van der Waals surface area contributed by atoms with Crippen molar-refractivity contribution in [2.45, 2.75) is 32.4 Å². The molecule has 3 aromatic rings. The molecule has 0 radical (unpaired) electrons. The smallest absolute Gasteiger partial charge is 0.251 e. The van der Waals surface area contributed by atoms with Gasteiger partial charge in [-0.15, -0.1) is 0 Å². The van der Waals surface area contributed by atoms with Crippen LogP contribution in [-0.4, -0.2) is 30.8 Å². The minimum absolute atomic E-state index is 0.0697. The molecule has 1 aliphatic rings. The Morgan fingerprint density at radius 3 is 2.29 bits per heavy atom. The number of aryl methyl sites for hydroxylation is 2. The summed E-state index contributed by atoms with van der Waals surface area (Å²) in [7, 11) is 3.93. The lowest BCUT2D eigenvalue weighted by Gasteiger charge is -2.44. The van der Waals surface area contributed by atoms with Crippen LogP contribution in [0.4, 0.5) is 11.4 Å². The molecule has 1 aromatic heterocycles. The lowest BCUT2D eigenvalue weighted by molar-refractivity contribution is -0.155. The van der Waals surface area contributed by atoms with Gasteiger partial charge in [0.1, 0.15) is 11.8 Å². The van der Waals surface area contributed by atoms with Gasteiger partial charge in [0, 0.05) is 25.5 Å². The van der Waals surface area contributed by atoms with E-state index in [0.29, 0.717) is 12.2 Å². The fourth-order valence-corrected chi connectivity index (χ4v) is 4.07. The van der Waals surface area contributed by atoms with Crippen molar-refractivity contribution in [3.05, 3.63) is 83.3 Å². The number of benzene rings is 2. The second-order valence-corrected chi connectivity index (χ2v) is 8.18. The van der Waals surface area contributed by atoms with E-state index >= 15 is 0 Å². The number of carbonyl (C=O) groups excluding carboxylic acids is 2. The second kappa shape index (κ2) is 8.30. The maximum atomic E-state index is 13.6. The molecule has 1 aliphatic heterocycles. The van der Waals surface area contributed by atoms with E-state index in [1.165, 1.54) is 0 Å². The third kappa shape index (κ3) is 3.93. The van der Waals surface area contributed by atoms with Crippen LogP contribution in [0.25, 0.3) is 0 Å². The van der Waals surface area contributed by atoms with Crippen LogP contribution in [0.15, 0.2) is 65.3 Å². The largest absolute Gasteiger partial charge is 0.467 e. The summed E-state index contributed by atoms with van der Waals surface area (Å²) in [6, 6.07) is 16.3. The summed E-state index contributed by atoms with van der Waals surface area (Å²) in [5, 5.41) is 3.08. The first kappa shape index (κ1) is 20.7. The SMILES string of the molecule is Cc1cccc(C)c1NC(=O)[C@H](c1ccc(N(C)C)cc1)N1C(=O)C[C@H]1c1ccco1. The first-order chi connectivity index (χ1) is 14.9. The lowest BCUT2D eigenvalue weighted by Crippen LogP contribution is -2.51. The maximum absolute atomic E-state index is 13.6. The summed E-state index contributed by atoms with van der Waals surface area (Å²) in [6.07, 6.45) is 1.92. The Morgan fingerprint density at radius 1 is 1.06 bits per heavy atom.